The molecule has 1 heterocycles. The Morgan fingerprint density at radius 2 is 2.07 bits per heavy atom. The number of benzene rings is 2. The topological polar surface area (TPSA) is 121 Å². The number of hydrogen-bond acceptors (Lipinski definition) is 6. The van der Waals surface area contributed by atoms with E-state index in [1.165, 1.54) is 23.1 Å². The lowest BCUT2D eigenvalue weighted by Gasteiger charge is -2.22. The van der Waals surface area contributed by atoms with Crippen LogP contribution in [0, 0.1) is 10.1 Å². The van der Waals surface area contributed by atoms with Crippen LogP contribution in [0.2, 0.25) is 5.02 Å². The predicted molar refractivity (Wildman–Crippen MR) is 115 cm³/mol. The average Bonchev–Trinajstić information content (AvgIpc) is 2.72. The summed E-state index contributed by atoms with van der Waals surface area (Å²) >= 11 is 6.00. The van der Waals surface area contributed by atoms with Crippen LogP contribution >= 0.6 is 11.6 Å². The highest BCUT2D eigenvalue weighted by Crippen LogP contribution is 2.26. The number of fused-ring (bicyclic) bond motifs is 1. The Bertz CT molecular complexity index is 1180. The lowest BCUT2D eigenvalue weighted by Crippen LogP contribution is -2.33. The highest BCUT2D eigenvalue weighted by atomic mass is 35.5. The molecule has 0 spiro atoms. The van der Waals surface area contributed by atoms with Gasteiger partial charge in [0.1, 0.15) is 11.5 Å². The zero-order valence-electron chi connectivity index (χ0n) is 16.4. The van der Waals surface area contributed by atoms with Crippen LogP contribution in [0.25, 0.3) is 10.9 Å². The minimum atomic E-state index is -0.543. The van der Waals surface area contributed by atoms with Gasteiger partial charge >= 0.3 is 0 Å². The van der Waals surface area contributed by atoms with E-state index in [1.807, 2.05) is 6.92 Å². The molecule has 0 saturated carbocycles. The Hall–Kier alpha value is -3.46. The van der Waals surface area contributed by atoms with Crippen molar-refractivity contribution in [3.8, 4) is 0 Å². The molecule has 0 aliphatic carbocycles. The van der Waals surface area contributed by atoms with Crippen molar-refractivity contribution >= 4 is 39.8 Å². The Morgan fingerprint density at radius 3 is 2.73 bits per heavy atom. The van der Waals surface area contributed by atoms with Gasteiger partial charge in [0.2, 0.25) is 0 Å². The number of carbonyl (C=O) groups is 1. The van der Waals surface area contributed by atoms with Crippen LogP contribution in [0.5, 0.6) is 0 Å². The quantitative estimate of drug-likeness (QED) is 0.437. The molecule has 3 rings (SSSR count). The third-order valence-corrected chi connectivity index (χ3v) is 4.78. The summed E-state index contributed by atoms with van der Waals surface area (Å²) in [6.07, 6.45) is 0.659. The number of nitro groups is 1. The molecule has 0 aliphatic heterocycles. The van der Waals surface area contributed by atoms with E-state index in [-0.39, 0.29) is 23.4 Å². The lowest BCUT2D eigenvalue weighted by molar-refractivity contribution is -0.384. The van der Waals surface area contributed by atoms with Crippen molar-refractivity contribution in [2.45, 2.75) is 19.9 Å². The standard InChI is InChI=1S/C20H20ClN5O4/c1-3-8-25(20(28)12-4-7-15(22-2)17(9-12)26(29)30)11-18-23-16-10-13(21)5-6-14(16)19(27)24-18/h4-7,9-10,22H,3,8,11H2,1-2H3,(H,23,24,27). The number of carbonyl (C=O) groups excluding carboxylic acids is 1. The number of nitro benzene ring substituents is 1. The second-order valence-electron chi connectivity index (χ2n) is 6.64. The SMILES string of the molecule is CCCN(Cc1nc2cc(Cl)ccc2c(=O)[nH]1)C(=O)c1ccc(NC)c([N+](=O)[O-])c1. The van der Waals surface area contributed by atoms with E-state index >= 15 is 0 Å². The van der Waals surface area contributed by atoms with E-state index in [1.54, 1.807) is 25.2 Å². The first kappa shape index (κ1) is 21.3. The van der Waals surface area contributed by atoms with Crippen molar-refractivity contribution in [2.24, 2.45) is 0 Å². The van der Waals surface area contributed by atoms with Crippen LogP contribution in [-0.4, -0.2) is 39.3 Å². The van der Waals surface area contributed by atoms with Crippen LogP contribution in [0.15, 0.2) is 41.2 Å². The monoisotopic (exact) mass is 429 g/mol. The number of aromatic amines is 1. The Morgan fingerprint density at radius 1 is 1.30 bits per heavy atom. The number of rotatable bonds is 7. The molecule has 0 saturated heterocycles. The van der Waals surface area contributed by atoms with Crippen molar-refractivity contribution in [1.82, 2.24) is 14.9 Å². The normalized spacial score (nSPS) is 10.8. The number of nitrogens with zero attached hydrogens (tertiary/aromatic N) is 3. The second kappa shape index (κ2) is 8.91. The predicted octanol–water partition coefficient (Wildman–Crippen LogP) is 3.58. The number of nitrogens with one attached hydrogen (secondary N) is 2. The molecule has 156 valence electrons. The maximum atomic E-state index is 13.1. The summed E-state index contributed by atoms with van der Waals surface area (Å²) in [6, 6.07) is 9.04. The van der Waals surface area contributed by atoms with Crippen molar-refractivity contribution in [3.63, 3.8) is 0 Å². The first-order chi connectivity index (χ1) is 14.3. The molecule has 0 fully saturated rings. The fourth-order valence-electron chi connectivity index (χ4n) is 3.15. The Labute approximate surface area is 176 Å². The van der Waals surface area contributed by atoms with Gasteiger partial charge in [-0.25, -0.2) is 4.98 Å². The van der Waals surface area contributed by atoms with Gasteiger partial charge in [0, 0.05) is 30.2 Å². The summed E-state index contributed by atoms with van der Waals surface area (Å²) in [5, 5.41) is 14.9. The summed E-state index contributed by atoms with van der Waals surface area (Å²) in [4.78, 5) is 44.8. The van der Waals surface area contributed by atoms with Crippen LogP contribution in [-0.2, 0) is 6.54 Å². The van der Waals surface area contributed by atoms with Gasteiger partial charge in [0.25, 0.3) is 17.2 Å². The van der Waals surface area contributed by atoms with Crippen LogP contribution in [0.4, 0.5) is 11.4 Å². The highest BCUT2D eigenvalue weighted by molar-refractivity contribution is 6.31. The van der Waals surface area contributed by atoms with E-state index in [0.29, 0.717) is 40.4 Å². The van der Waals surface area contributed by atoms with Crippen molar-refractivity contribution < 1.29 is 9.72 Å². The van der Waals surface area contributed by atoms with Gasteiger partial charge in [0.15, 0.2) is 0 Å². The molecular weight excluding hydrogens is 410 g/mol. The van der Waals surface area contributed by atoms with Crippen LogP contribution < -0.4 is 10.9 Å². The molecule has 0 atom stereocenters. The number of anilines is 1. The fraction of sp³-hybridized carbons (Fsp3) is 0.250. The molecular formula is C20H20ClN5O4. The largest absolute Gasteiger partial charge is 0.383 e. The number of halogens is 1. The fourth-order valence-corrected chi connectivity index (χ4v) is 3.32. The van der Waals surface area contributed by atoms with Gasteiger partial charge in [-0.05, 0) is 36.8 Å². The summed E-state index contributed by atoms with van der Waals surface area (Å²) in [7, 11) is 1.57. The maximum absolute atomic E-state index is 13.1. The van der Waals surface area contributed by atoms with Gasteiger partial charge < -0.3 is 15.2 Å². The minimum Gasteiger partial charge on any atom is -0.383 e. The number of H-pyrrole nitrogens is 1. The van der Waals surface area contributed by atoms with Gasteiger partial charge in [-0.2, -0.15) is 0 Å². The molecule has 30 heavy (non-hydrogen) atoms. The summed E-state index contributed by atoms with van der Waals surface area (Å²) in [5.74, 6) is -0.0886. The summed E-state index contributed by atoms with van der Waals surface area (Å²) in [5.41, 5.74) is 0.409. The molecule has 10 heteroatoms. The molecule has 1 aromatic heterocycles. The van der Waals surface area contributed by atoms with E-state index in [0.717, 1.165) is 0 Å². The molecule has 3 aromatic rings. The maximum Gasteiger partial charge on any atom is 0.293 e. The average molecular weight is 430 g/mol. The van der Waals surface area contributed by atoms with E-state index in [4.69, 9.17) is 11.6 Å². The van der Waals surface area contributed by atoms with Crippen LogP contribution in [0.3, 0.4) is 0 Å². The molecule has 0 unspecified atom stereocenters. The Kier molecular flexibility index (Phi) is 6.31. The van der Waals surface area contributed by atoms with Crippen molar-refractivity contribution in [3.05, 3.63) is 73.3 Å². The summed E-state index contributed by atoms with van der Waals surface area (Å²) < 4.78 is 0. The van der Waals surface area contributed by atoms with Gasteiger partial charge in [-0.1, -0.05) is 18.5 Å². The molecule has 0 bridgehead atoms. The number of hydrogen-bond donors (Lipinski definition) is 2. The minimum absolute atomic E-state index is 0.0476. The third kappa shape index (κ3) is 4.41. The van der Waals surface area contributed by atoms with Gasteiger partial charge in [-0.15, -0.1) is 0 Å². The first-order valence-corrected chi connectivity index (χ1v) is 9.65. The molecule has 2 N–H and O–H groups in total. The molecule has 9 nitrogen and oxygen atoms in total. The molecule has 1 amide bonds. The van der Waals surface area contributed by atoms with E-state index in [2.05, 4.69) is 15.3 Å². The molecule has 0 radical (unpaired) electrons. The number of aromatic nitrogens is 2. The summed E-state index contributed by atoms with van der Waals surface area (Å²) in [6.45, 7) is 2.34. The van der Waals surface area contributed by atoms with Crippen molar-refractivity contribution in [1.29, 1.82) is 0 Å². The van der Waals surface area contributed by atoms with Crippen molar-refractivity contribution in [2.75, 3.05) is 18.9 Å². The smallest absolute Gasteiger partial charge is 0.293 e. The second-order valence-corrected chi connectivity index (χ2v) is 7.08. The molecule has 2 aromatic carbocycles. The highest BCUT2D eigenvalue weighted by Gasteiger charge is 2.21. The zero-order valence-corrected chi connectivity index (χ0v) is 17.2. The first-order valence-electron chi connectivity index (χ1n) is 9.28. The van der Waals surface area contributed by atoms with E-state index in [9.17, 15) is 19.7 Å². The lowest BCUT2D eigenvalue weighted by atomic mass is 10.1. The number of amides is 1. The Balaban J connectivity index is 1.95. The van der Waals surface area contributed by atoms with Gasteiger partial charge in [0.05, 0.1) is 22.4 Å². The molecule has 0 aliphatic rings. The van der Waals surface area contributed by atoms with Crippen LogP contribution in [0.1, 0.15) is 29.5 Å². The van der Waals surface area contributed by atoms with E-state index < -0.39 is 10.8 Å². The van der Waals surface area contributed by atoms with Gasteiger partial charge in [-0.3, -0.25) is 19.7 Å². The zero-order chi connectivity index (χ0) is 21.8. The third-order valence-electron chi connectivity index (χ3n) is 4.55.